The van der Waals surface area contributed by atoms with Crippen molar-refractivity contribution in [2.45, 2.75) is 57.0 Å². The molecule has 2 aliphatic rings. The topological polar surface area (TPSA) is 127 Å². The van der Waals surface area contributed by atoms with Crippen LogP contribution in [-0.4, -0.2) is 33.3 Å². The first-order chi connectivity index (χ1) is 23.2. The van der Waals surface area contributed by atoms with Crippen LogP contribution in [0.3, 0.4) is 0 Å². The molecule has 3 unspecified atom stereocenters. The fourth-order valence-corrected chi connectivity index (χ4v) is 6.74. The molecule has 6 rings (SSSR count). The molecule has 2 aromatic carbocycles. The largest absolute Gasteiger partial charge is 0.366 e. The van der Waals surface area contributed by atoms with Crippen LogP contribution >= 0.6 is 11.6 Å². The van der Waals surface area contributed by atoms with Gasteiger partial charge < -0.3 is 11.1 Å². The zero-order chi connectivity index (χ0) is 35.4. The number of aryl methyl sites for hydroxylation is 1. The van der Waals surface area contributed by atoms with Crippen LogP contribution in [0.15, 0.2) is 47.6 Å². The Bertz CT molecular complexity index is 1980. The highest BCUT2D eigenvalue weighted by Crippen LogP contribution is 2.68. The van der Waals surface area contributed by atoms with Gasteiger partial charge in [-0.1, -0.05) is 24.6 Å². The third-order valence-electron chi connectivity index (χ3n) is 8.70. The van der Waals surface area contributed by atoms with Crippen LogP contribution in [0.4, 0.5) is 32.0 Å². The maximum atomic E-state index is 15.2. The molecule has 256 valence electrons. The Labute approximate surface area is 280 Å². The number of nitrogens with zero attached hydrogens (tertiary/aromatic N) is 4. The molecule has 3 atom stereocenters. The van der Waals surface area contributed by atoms with Gasteiger partial charge in [-0.2, -0.15) is 19.0 Å². The Hall–Kier alpha value is -4.92. The minimum atomic E-state index is -3.46. The van der Waals surface area contributed by atoms with E-state index in [1.54, 1.807) is 19.1 Å². The van der Waals surface area contributed by atoms with Crippen LogP contribution in [0.2, 0.25) is 5.02 Å². The molecule has 2 amide bonds. The Morgan fingerprint density at radius 3 is 2.49 bits per heavy atom. The quantitative estimate of drug-likeness (QED) is 0.0849. The lowest BCUT2D eigenvalue weighted by Crippen LogP contribution is -2.35. The number of nitrogens with two attached hydrogens (primary N) is 1. The molecule has 4 aromatic rings. The molecule has 0 bridgehead atoms. The zero-order valence-corrected chi connectivity index (χ0v) is 26.5. The van der Waals surface area contributed by atoms with Gasteiger partial charge >= 0.3 is 0 Å². The number of alkyl halides is 4. The van der Waals surface area contributed by atoms with E-state index in [-0.39, 0.29) is 40.2 Å². The Kier molecular flexibility index (Phi) is 8.90. The lowest BCUT2D eigenvalue weighted by molar-refractivity contribution is -0.123. The van der Waals surface area contributed by atoms with Crippen molar-refractivity contribution < 1.29 is 35.9 Å². The number of nitrogens with one attached hydrogen (secondary N) is 2. The van der Waals surface area contributed by atoms with Crippen molar-refractivity contribution in [2.24, 2.45) is 16.8 Å². The predicted molar refractivity (Wildman–Crippen MR) is 169 cm³/mol. The maximum Gasteiger partial charge on any atom is 0.293 e. The van der Waals surface area contributed by atoms with Gasteiger partial charge in [-0.25, -0.2) is 17.6 Å². The summed E-state index contributed by atoms with van der Waals surface area (Å²) in [7, 11) is 0. The Balaban J connectivity index is 1.46. The molecule has 2 aliphatic carbocycles. The van der Waals surface area contributed by atoms with Crippen molar-refractivity contribution in [1.29, 1.82) is 0 Å². The van der Waals surface area contributed by atoms with Gasteiger partial charge in [0.2, 0.25) is 11.8 Å². The fourth-order valence-electron chi connectivity index (χ4n) is 6.53. The van der Waals surface area contributed by atoms with Crippen molar-refractivity contribution in [3.63, 3.8) is 0 Å². The Morgan fingerprint density at radius 1 is 1.14 bits per heavy atom. The average Bonchev–Trinajstić information content (AvgIpc) is 3.69. The number of hydrazone groups is 1. The molecule has 0 radical (unpaired) electrons. The van der Waals surface area contributed by atoms with Crippen LogP contribution in [-0.2, 0) is 30.1 Å². The summed E-state index contributed by atoms with van der Waals surface area (Å²) >= 11 is 6.20. The van der Waals surface area contributed by atoms with Gasteiger partial charge in [0.15, 0.2) is 0 Å². The number of carbonyl (C=O) groups is 2. The molecule has 0 saturated heterocycles. The number of hydrogen-bond donors (Lipinski definition) is 3. The summed E-state index contributed by atoms with van der Waals surface area (Å²) in [5.41, 5.74) is 8.24. The fraction of sp³-hybridized carbons (Fsp3) is 0.303. The smallest absolute Gasteiger partial charge is 0.293 e. The van der Waals surface area contributed by atoms with Gasteiger partial charge in [-0.15, -0.1) is 0 Å². The average molecular weight is 704 g/mol. The minimum absolute atomic E-state index is 0.0322. The number of hydrogen-bond acceptors (Lipinski definition) is 6. The lowest BCUT2D eigenvalue weighted by atomic mass is 9.93. The van der Waals surface area contributed by atoms with E-state index in [0.717, 1.165) is 12.1 Å². The predicted octanol–water partition coefficient (Wildman–Crippen LogP) is 6.81. The maximum absolute atomic E-state index is 15.2. The van der Waals surface area contributed by atoms with E-state index in [2.05, 4.69) is 27.7 Å². The standard InChI is InChI=1S/C33H28ClF6N7O2/c1-3-23-24(45-42-2)12-18(15-4-5-22(34)20(9-15)32(41)49)28(44-23)25(8-14-6-16(35)10-17(36)7-14)43-26(48)13-47-30-27(29(46-47)31(37)38)19-11-21(19)33(30,39)40/h4-7,9-10,12,19,21,25,31,45H,2-3,8,11,13H2,1H3,(H2,41,49)(H,43,48). The van der Waals surface area contributed by atoms with Crippen LogP contribution in [0.5, 0.6) is 0 Å². The first-order valence-corrected chi connectivity index (χ1v) is 15.5. The molecule has 0 spiro atoms. The zero-order valence-electron chi connectivity index (χ0n) is 25.7. The number of benzene rings is 2. The van der Waals surface area contributed by atoms with Crippen LogP contribution in [0.25, 0.3) is 11.1 Å². The number of amides is 2. The first-order valence-electron chi connectivity index (χ1n) is 15.1. The summed E-state index contributed by atoms with van der Waals surface area (Å²) in [5.74, 6) is -8.89. The molecule has 49 heavy (non-hydrogen) atoms. The Morgan fingerprint density at radius 2 is 1.86 bits per heavy atom. The van der Waals surface area contributed by atoms with E-state index < -0.39 is 71.6 Å². The summed E-state index contributed by atoms with van der Waals surface area (Å²) in [4.78, 5) is 30.6. The van der Waals surface area contributed by atoms with E-state index in [4.69, 9.17) is 22.3 Å². The number of halogens is 7. The van der Waals surface area contributed by atoms with Gasteiger partial charge in [-0.3, -0.25) is 24.7 Å². The highest BCUT2D eigenvalue weighted by molar-refractivity contribution is 6.33. The van der Waals surface area contributed by atoms with Gasteiger partial charge in [0.1, 0.15) is 29.6 Å². The molecule has 2 heterocycles. The second kappa shape index (κ2) is 12.8. The summed E-state index contributed by atoms with van der Waals surface area (Å²) in [5, 5.41) is 10.2. The van der Waals surface area contributed by atoms with Crippen LogP contribution in [0, 0.1) is 17.6 Å². The number of aromatic nitrogens is 3. The van der Waals surface area contributed by atoms with Crippen molar-refractivity contribution in [3.8, 4) is 11.1 Å². The third-order valence-corrected chi connectivity index (χ3v) is 9.03. The lowest BCUT2D eigenvalue weighted by Gasteiger charge is -2.24. The summed E-state index contributed by atoms with van der Waals surface area (Å²) in [6, 6.07) is 7.56. The van der Waals surface area contributed by atoms with Crippen molar-refractivity contribution >= 4 is 35.8 Å². The van der Waals surface area contributed by atoms with Gasteiger partial charge in [0.25, 0.3) is 12.3 Å². The van der Waals surface area contributed by atoms with Crippen molar-refractivity contribution in [1.82, 2.24) is 20.1 Å². The third kappa shape index (κ3) is 6.34. The molecule has 0 aliphatic heterocycles. The van der Waals surface area contributed by atoms with Gasteiger partial charge in [0.05, 0.1) is 33.7 Å². The summed E-state index contributed by atoms with van der Waals surface area (Å²) in [6.07, 6.45) is -3.01. The molecule has 1 fully saturated rings. The van der Waals surface area contributed by atoms with E-state index in [9.17, 15) is 27.2 Å². The normalized spacial score (nSPS) is 17.7. The van der Waals surface area contributed by atoms with Crippen molar-refractivity contribution in [2.75, 3.05) is 5.43 Å². The van der Waals surface area contributed by atoms with E-state index >= 15 is 8.78 Å². The monoisotopic (exact) mass is 703 g/mol. The SMILES string of the molecule is C=NNc1cc(-c2ccc(Cl)c(C(N)=O)c2)c(C(Cc2cc(F)cc(F)c2)NC(=O)Cn2nc(C(F)F)c3c2C(F)(F)C2CC32)nc1CC. The molecule has 9 nitrogen and oxygen atoms in total. The van der Waals surface area contributed by atoms with E-state index in [0.29, 0.717) is 39.7 Å². The number of pyridine rings is 1. The molecule has 1 saturated carbocycles. The van der Waals surface area contributed by atoms with Crippen molar-refractivity contribution in [3.05, 3.63) is 98.6 Å². The number of carbonyl (C=O) groups excluding carboxylic acids is 2. The van der Waals surface area contributed by atoms with Crippen LogP contribution < -0.4 is 16.5 Å². The molecular formula is C33H28ClF6N7O2. The number of anilines is 1. The number of primary amides is 1. The minimum Gasteiger partial charge on any atom is -0.366 e. The number of rotatable bonds is 12. The molecule has 4 N–H and O–H groups in total. The van der Waals surface area contributed by atoms with Gasteiger partial charge in [-0.05, 0) is 66.6 Å². The number of fused-ring (bicyclic) bond motifs is 3. The highest BCUT2D eigenvalue weighted by Gasteiger charge is 2.67. The second-order valence-electron chi connectivity index (χ2n) is 11.9. The molecule has 2 aromatic heterocycles. The molecule has 16 heteroatoms. The second-order valence-corrected chi connectivity index (χ2v) is 12.3. The van der Waals surface area contributed by atoms with E-state index in [1.807, 2.05) is 0 Å². The van der Waals surface area contributed by atoms with Gasteiger partial charge in [0, 0.05) is 29.8 Å². The van der Waals surface area contributed by atoms with Crippen LogP contribution in [0.1, 0.15) is 76.0 Å². The first kappa shape index (κ1) is 34.0. The summed E-state index contributed by atoms with van der Waals surface area (Å²) < 4.78 is 87.4. The highest BCUT2D eigenvalue weighted by atomic mass is 35.5. The van der Waals surface area contributed by atoms with E-state index in [1.165, 1.54) is 12.1 Å². The molecular weight excluding hydrogens is 676 g/mol. The summed E-state index contributed by atoms with van der Waals surface area (Å²) in [6.45, 7) is 4.37.